The van der Waals surface area contributed by atoms with E-state index in [9.17, 15) is 5.11 Å². The Morgan fingerprint density at radius 3 is 2.56 bits per heavy atom. The van der Waals surface area contributed by atoms with Crippen LogP contribution < -0.4 is 0 Å². The van der Waals surface area contributed by atoms with Gasteiger partial charge in [-0.2, -0.15) is 0 Å². The number of phenolic OH excluding ortho intramolecular Hbond substituents is 1. The number of ether oxygens (including phenoxy) is 2. The Morgan fingerprint density at radius 2 is 1.94 bits per heavy atom. The zero-order valence-electron chi connectivity index (χ0n) is 11.4. The normalized spacial score (nSPS) is 12.9. The lowest BCUT2D eigenvalue weighted by Crippen LogP contribution is -2.38. The highest BCUT2D eigenvalue weighted by Crippen LogP contribution is 2.18. The van der Waals surface area contributed by atoms with Crippen molar-refractivity contribution in [1.29, 1.82) is 0 Å². The number of methoxy groups -OCH3 is 2. The van der Waals surface area contributed by atoms with Gasteiger partial charge in [0.05, 0.1) is 13.2 Å². The van der Waals surface area contributed by atoms with Crippen molar-refractivity contribution in [2.24, 2.45) is 0 Å². The fourth-order valence-electron chi connectivity index (χ4n) is 1.87. The summed E-state index contributed by atoms with van der Waals surface area (Å²) in [4.78, 5) is 2.24. The SMILES string of the molecule is COCCN(Cc1ccccc1O)C(C)COC. The van der Waals surface area contributed by atoms with Crippen LogP contribution in [0.15, 0.2) is 24.3 Å². The molecule has 0 aromatic heterocycles. The molecule has 1 N–H and O–H groups in total. The number of para-hydroxylation sites is 1. The predicted molar refractivity (Wildman–Crippen MR) is 71.7 cm³/mol. The highest BCUT2D eigenvalue weighted by atomic mass is 16.5. The second-order valence-electron chi connectivity index (χ2n) is 4.40. The zero-order chi connectivity index (χ0) is 13.4. The van der Waals surface area contributed by atoms with Crippen molar-refractivity contribution in [3.05, 3.63) is 29.8 Å². The Labute approximate surface area is 109 Å². The van der Waals surface area contributed by atoms with Crippen molar-refractivity contribution in [3.8, 4) is 5.75 Å². The molecular formula is C14H23NO3. The van der Waals surface area contributed by atoms with Crippen LogP contribution in [-0.2, 0) is 16.0 Å². The number of phenols is 1. The fourth-order valence-corrected chi connectivity index (χ4v) is 1.87. The summed E-state index contributed by atoms with van der Waals surface area (Å²) in [6.07, 6.45) is 0. The highest BCUT2D eigenvalue weighted by Gasteiger charge is 2.15. The van der Waals surface area contributed by atoms with E-state index in [1.54, 1.807) is 20.3 Å². The van der Waals surface area contributed by atoms with Crippen LogP contribution >= 0.6 is 0 Å². The van der Waals surface area contributed by atoms with Gasteiger partial charge in [0.15, 0.2) is 0 Å². The summed E-state index contributed by atoms with van der Waals surface area (Å²) in [6.45, 7) is 4.95. The first-order chi connectivity index (χ1) is 8.69. The van der Waals surface area contributed by atoms with E-state index in [0.29, 0.717) is 25.5 Å². The quantitative estimate of drug-likeness (QED) is 0.768. The van der Waals surface area contributed by atoms with Gasteiger partial charge in [-0.05, 0) is 13.0 Å². The van der Waals surface area contributed by atoms with Crippen molar-refractivity contribution in [1.82, 2.24) is 4.90 Å². The number of benzene rings is 1. The lowest BCUT2D eigenvalue weighted by Gasteiger charge is -2.28. The van der Waals surface area contributed by atoms with Crippen LogP contribution in [0.5, 0.6) is 5.75 Å². The summed E-state index contributed by atoms with van der Waals surface area (Å²) in [7, 11) is 3.39. The van der Waals surface area contributed by atoms with Gasteiger partial charge >= 0.3 is 0 Å². The maximum atomic E-state index is 9.81. The third-order valence-electron chi connectivity index (χ3n) is 2.98. The number of aromatic hydroxyl groups is 1. The monoisotopic (exact) mass is 253 g/mol. The molecule has 18 heavy (non-hydrogen) atoms. The van der Waals surface area contributed by atoms with E-state index in [1.165, 1.54) is 0 Å². The number of hydrogen-bond acceptors (Lipinski definition) is 4. The minimum Gasteiger partial charge on any atom is -0.508 e. The average Bonchev–Trinajstić information content (AvgIpc) is 2.36. The van der Waals surface area contributed by atoms with Crippen molar-refractivity contribution < 1.29 is 14.6 Å². The summed E-state index contributed by atoms with van der Waals surface area (Å²) in [5.41, 5.74) is 0.927. The van der Waals surface area contributed by atoms with Gasteiger partial charge in [-0.3, -0.25) is 4.90 Å². The third-order valence-corrected chi connectivity index (χ3v) is 2.98. The van der Waals surface area contributed by atoms with Gasteiger partial charge in [-0.1, -0.05) is 18.2 Å². The van der Waals surface area contributed by atoms with Gasteiger partial charge in [0.1, 0.15) is 5.75 Å². The van der Waals surface area contributed by atoms with Gasteiger partial charge in [0.25, 0.3) is 0 Å². The Kier molecular flexibility index (Phi) is 6.72. The third kappa shape index (κ3) is 4.64. The number of nitrogens with zero attached hydrogens (tertiary/aromatic N) is 1. The molecule has 0 saturated heterocycles. The maximum Gasteiger partial charge on any atom is 0.120 e. The molecule has 1 unspecified atom stereocenters. The molecule has 0 aliphatic heterocycles. The molecule has 1 atom stereocenters. The molecule has 0 fully saturated rings. The molecule has 1 aromatic rings. The van der Waals surface area contributed by atoms with E-state index >= 15 is 0 Å². The van der Waals surface area contributed by atoms with Crippen LogP contribution in [0, 0.1) is 0 Å². The second kappa shape index (κ2) is 8.08. The molecule has 0 aliphatic rings. The van der Waals surface area contributed by atoms with Crippen molar-refractivity contribution in [2.75, 3.05) is 34.0 Å². The Bertz CT molecular complexity index is 344. The molecule has 4 heteroatoms. The molecule has 1 aromatic carbocycles. The number of hydrogen-bond donors (Lipinski definition) is 1. The first-order valence-corrected chi connectivity index (χ1v) is 6.17. The second-order valence-corrected chi connectivity index (χ2v) is 4.40. The molecule has 1 rings (SSSR count). The smallest absolute Gasteiger partial charge is 0.120 e. The highest BCUT2D eigenvalue weighted by molar-refractivity contribution is 5.31. The van der Waals surface area contributed by atoms with Crippen LogP contribution in [0.1, 0.15) is 12.5 Å². The molecule has 0 bridgehead atoms. The van der Waals surface area contributed by atoms with Gasteiger partial charge in [0, 0.05) is 38.9 Å². The fraction of sp³-hybridized carbons (Fsp3) is 0.571. The molecule has 0 heterocycles. The van der Waals surface area contributed by atoms with E-state index in [4.69, 9.17) is 9.47 Å². The van der Waals surface area contributed by atoms with Crippen molar-refractivity contribution in [2.45, 2.75) is 19.5 Å². The van der Waals surface area contributed by atoms with Crippen LogP contribution in [-0.4, -0.2) is 50.0 Å². The van der Waals surface area contributed by atoms with Crippen molar-refractivity contribution >= 4 is 0 Å². The van der Waals surface area contributed by atoms with Crippen molar-refractivity contribution in [3.63, 3.8) is 0 Å². The van der Waals surface area contributed by atoms with E-state index in [2.05, 4.69) is 11.8 Å². The van der Waals surface area contributed by atoms with Gasteiger partial charge in [-0.25, -0.2) is 0 Å². The Balaban J connectivity index is 2.68. The van der Waals surface area contributed by atoms with Crippen LogP contribution in [0.4, 0.5) is 0 Å². The zero-order valence-corrected chi connectivity index (χ0v) is 11.4. The van der Waals surface area contributed by atoms with Crippen LogP contribution in [0.2, 0.25) is 0 Å². The Hall–Kier alpha value is -1.10. The molecule has 0 spiro atoms. The first kappa shape index (κ1) is 15.0. The molecule has 0 aliphatic carbocycles. The van der Waals surface area contributed by atoms with E-state index in [-0.39, 0.29) is 6.04 Å². The van der Waals surface area contributed by atoms with Gasteiger partial charge < -0.3 is 14.6 Å². The van der Waals surface area contributed by atoms with Crippen LogP contribution in [0.25, 0.3) is 0 Å². The minimum atomic E-state index is 0.282. The molecule has 0 radical (unpaired) electrons. The maximum absolute atomic E-state index is 9.81. The molecule has 102 valence electrons. The summed E-state index contributed by atoms with van der Waals surface area (Å²) < 4.78 is 10.3. The van der Waals surface area contributed by atoms with E-state index in [0.717, 1.165) is 12.1 Å². The number of rotatable bonds is 8. The molecule has 4 nitrogen and oxygen atoms in total. The summed E-state index contributed by atoms with van der Waals surface area (Å²) in [5, 5.41) is 9.81. The summed E-state index contributed by atoms with van der Waals surface area (Å²) in [6, 6.07) is 7.70. The summed E-state index contributed by atoms with van der Waals surface area (Å²) in [5.74, 6) is 0.338. The standard InChI is InChI=1S/C14H23NO3/c1-12(11-18-3)15(8-9-17-2)10-13-6-4-5-7-14(13)16/h4-7,12,16H,8-11H2,1-3H3. The molecule has 0 saturated carbocycles. The van der Waals surface area contributed by atoms with Crippen LogP contribution in [0.3, 0.4) is 0 Å². The van der Waals surface area contributed by atoms with E-state index < -0.39 is 0 Å². The van der Waals surface area contributed by atoms with Gasteiger partial charge in [-0.15, -0.1) is 0 Å². The van der Waals surface area contributed by atoms with E-state index in [1.807, 2.05) is 18.2 Å². The molecule has 0 amide bonds. The minimum absolute atomic E-state index is 0.282. The van der Waals surface area contributed by atoms with Gasteiger partial charge in [0.2, 0.25) is 0 Å². The predicted octanol–water partition coefficient (Wildman–Crippen LogP) is 1.88. The molecular weight excluding hydrogens is 230 g/mol. The lowest BCUT2D eigenvalue weighted by atomic mass is 10.1. The average molecular weight is 253 g/mol. The Morgan fingerprint density at radius 1 is 1.22 bits per heavy atom. The summed E-state index contributed by atoms with van der Waals surface area (Å²) >= 11 is 0. The topological polar surface area (TPSA) is 41.9 Å². The first-order valence-electron chi connectivity index (χ1n) is 6.17. The lowest BCUT2D eigenvalue weighted by molar-refractivity contribution is 0.0700. The largest absolute Gasteiger partial charge is 0.508 e.